The minimum Gasteiger partial charge on any atom is -0.354 e. The van der Waals surface area contributed by atoms with Crippen LogP contribution in [0.5, 0.6) is 0 Å². The minimum absolute atomic E-state index is 0.101. The first-order valence-electron chi connectivity index (χ1n) is 7.59. The molecule has 0 radical (unpaired) electrons. The molecular formula is C17H28N2O. The average molecular weight is 276 g/mol. The van der Waals surface area contributed by atoms with Crippen LogP contribution in [0.15, 0.2) is 30.3 Å². The molecule has 0 spiro atoms. The maximum atomic E-state index is 12.4. The molecule has 0 heterocycles. The van der Waals surface area contributed by atoms with Crippen LogP contribution in [0.25, 0.3) is 0 Å². The molecule has 1 unspecified atom stereocenters. The van der Waals surface area contributed by atoms with Gasteiger partial charge >= 0.3 is 0 Å². The van der Waals surface area contributed by atoms with E-state index in [2.05, 4.69) is 31.0 Å². The largest absolute Gasteiger partial charge is 0.354 e. The number of hydrogen-bond donors (Lipinski definition) is 1. The predicted octanol–water partition coefficient (Wildman–Crippen LogP) is 3.23. The van der Waals surface area contributed by atoms with E-state index in [0.717, 1.165) is 31.5 Å². The molecule has 1 rings (SSSR count). The van der Waals surface area contributed by atoms with Gasteiger partial charge in [0, 0.05) is 6.54 Å². The summed E-state index contributed by atoms with van der Waals surface area (Å²) in [4.78, 5) is 14.5. The highest BCUT2D eigenvalue weighted by molar-refractivity contribution is 5.83. The van der Waals surface area contributed by atoms with Crippen molar-refractivity contribution in [2.75, 3.05) is 20.1 Å². The molecule has 0 aromatic heterocycles. The maximum absolute atomic E-state index is 12.4. The second-order valence-corrected chi connectivity index (χ2v) is 5.71. The average Bonchev–Trinajstić information content (AvgIpc) is 2.44. The summed E-state index contributed by atoms with van der Waals surface area (Å²) < 4.78 is 0. The van der Waals surface area contributed by atoms with Crippen molar-refractivity contribution in [3.05, 3.63) is 35.9 Å². The molecule has 0 aliphatic carbocycles. The summed E-state index contributed by atoms with van der Waals surface area (Å²) in [5.74, 6) is 0.791. The van der Waals surface area contributed by atoms with Gasteiger partial charge in [-0.1, -0.05) is 51.1 Å². The number of carbonyl (C=O) groups is 1. The molecular weight excluding hydrogens is 248 g/mol. The van der Waals surface area contributed by atoms with Crippen molar-refractivity contribution in [2.24, 2.45) is 5.92 Å². The first-order valence-corrected chi connectivity index (χ1v) is 7.59. The van der Waals surface area contributed by atoms with Gasteiger partial charge < -0.3 is 5.32 Å². The van der Waals surface area contributed by atoms with Crippen molar-refractivity contribution in [1.29, 1.82) is 0 Å². The van der Waals surface area contributed by atoms with E-state index in [1.165, 1.54) is 0 Å². The molecule has 1 amide bonds. The van der Waals surface area contributed by atoms with Gasteiger partial charge in [-0.05, 0) is 37.9 Å². The fourth-order valence-corrected chi connectivity index (χ4v) is 2.24. The minimum atomic E-state index is -0.194. The molecule has 3 nitrogen and oxygen atoms in total. The Kier molecular flexibility index (Phi) is 7.31. The highest BCUT2D eigenvalue weighted by atomic mass is 16.2. The summed E-state index contributed by atoms with van der Waals surface area (Å²) in [6.07, 6.45) is 2.20. The molecule has 1 N–H and O–H groups in total. The highest BCUT2D eigenvalue weighted by Gasteiger charge is 2.23. The van der Waals surface area contributed by atoms with Crippen molar-refractivity contribution in [3.63, 3.8) is 0 Å². The summed E-state index contributed by atoms with van der Waals surface area (Å²) >= 11 is 0. The van der Waals surface area contributed by atoms with Crippen LogP contribution in [-0.4, -0.2) is 30.9 Å². The Bertz CT molecular complexity index is 389. The highest BCUT2D eigenvalue weighted by Crippen LogP contribution is 2.19. The number of hydrogen-bond acceptors (Lipinski definition) is 2. The van der Waals surface area contributed by atoms with Crippen molar-refractivity contribution in [2.45, 2.75) is 39.7 Å². The molecule has 20 heavy (non-hydrogen) atoms. The molecule has 0 aliphatic rings. The lowest BCUT2D eigenvalue weighted by molar-refractivity contribution is -0.126. The molecule has 0 bridgehead atoms. The van der Waals surface area contributed by atoms with Crippen molar-refractivity contribution >= 4 is 5.91 Å². The zero-order valence-electron chi connectivity index (χ0n) is 13.2. The van der Waals surface area contributed by atoms with Gasteiger partial charge in [0.1, 0.15) is 6.04 Å². The van der Waals surface area contributed by atoms with Crippen molar-refractivity contribution in [3.8, 4) is 0 Å². The zero-order chi connectivity index (χ0) is 15.0. The third kappa shape index (κ3) is 5.33. The van der Waals surface area contributed by atoms with Gasteiger partial charge in [0.15, 0.2) is 0 Å². The monoisotopic (exact) mass is 276 g/mol. The van der Waals surface area contributed by atoms with Crippen LogP contribution >= 0.6 is 0 Å². The number of nitrogens with zero attached hydrogens (tertiary/aromatic N) is 1. The van der Waals surface area contributed by atoms with E-state index >= 15 is 0 Å². The normalized spacial score (nSPS) is 12.7. The van der Waals surface area contributed by atoms with Crippen molar-refractivity contribution in [1.82, 2.24) is 10.2 Å². The maximum Gasteiger partial charge on any atom is 0.241 e. The molecule has 0 saturated heterocycles. The Hall–Kier alpha value is -1.35. The standard InChI is InChI=1S/C17H28N2O/c1-5-19(4)16(15-11-7-6-8-12-15)17(20)18-13-9-10-14(2)3/h6-8,11-12,14,16H,5,9-10,13H2,1-4H3,(H,18,20). The second-order valence-electron chi connectivity index (χ2n) is 5.71. The third-order valence-corrected chi connectivity index (χ3v) is 3.56. The molecule has 1 aromatic carbocycles. The van der Waals surface area contributed by atoms with Crippen LogP contribution in [0, 0.1) is 5.92 Å². The van der Waals surface area contributed by atoms with Gasteiger partial charge in [0.05, 0.1) is 0 Å². The van der Waals surface area contributed by atoms with Crippen molar-refractivity contribution < 1.29 is 4.79 Å². The van der Waals surface area contributed by atoms with E-state index in [4.69, 9.17) is 0 Å². The molecule has 1 aromatic rings. The summed E-state index contributed by atoms with van der Waals surface area (Å²) in [7, 11) is 1.99. The molecule has 0 saturated carbocycles. The second kappa shape index (κ2) is 8.75. The fourth-order valence-electron chi connectivity index (χ4n) is 2.24. The summed E-state index contributed by atoms with van der Waals surface area (Å²) in [6, 6.07) is 9.79. The lowest BCUT2D eigenvalue weighted by atomic mass is 10.0. The Morgan fingerprint density at radius 2 is 1.90 bits per heavy atom. The van der Waals surface area contributed by atoms with Crippen LogP contribution < -0.4 is 5.32 Å². The number of amides is 1. The quantitative estimate of drug-likeness (QED) is 0.739. The van der Waals surface area contributed by atoms with Crippen LogP contribution in [0.4, 0.5) is 0 Å². The van der Waals surface area contributed by atoms with E-state index in [1.807, 2.05) is 37.4 Å². The Balaban J connectivity index is 2.62. The lowest BCUT2D eigenvalue weighted by Crippen LogP contribution is -2.39. The van der Waals surface area contributed by atoms with Crippen LogP contribution in [0.1, 0.15) is 45.2 Å². The first-order chi connectivity index (χ1) is 9.56. The zero-order valence-corrected chi connectivity index (χ0v) is 13.2. The lowest BCUT2D eigenvalue weighted by Gasteiger charge is -2.26. The van der Waals surface area contributed by atoms with Crippen LogP contribution in [0.3, 0.4) is 0 Å². The summed E-state index contributed by atoms with van der Waals surface area (Å²) in [5.41, 5.74) is 1.05. The Labute approximate surface area is 123 Å². The van der Waals surface area contributed by atoms with Gasteiger partial charge in [-0.2, -0.15) is 0 Å². The van der Waals surface area contributed by atoms with Gasteiger partial charge in [0.25, 0.3) is 0 Å². The number of rotatable bonds is 8. The van der Waals surface area contributed by atoms with Gasteiger partial charge in [-0.25, -0.2) is 0 Å². The first kappa shape index (κ1) is 16.7. The number of nitrogens with one attached hydrogen (secondary N) is 1. The number of likely N-dealkylation sites (N-methyl/N-ethyl adjacent to an activating group) is 1. The SMILES string of the molecule is CCN(C)C(C(=O)NCCCC(C)C)c1ccccc1. The third-order valence-electron chi connectivity index (χ3n) is 3.56. The smallest absolute Gasteiger partial charge is 0.241 e. The van der Waals surface area contributed by atoms with E-state index in [-0.39, 0.29) is 11.9 Å². The van der Waals surface area contributed by atoms with Crippen LogP contribution in [0.2, 0.25) is 0 Å². The van der Waals surface area contributed by atoms with E-state index in [0.29, 0.717) is 5.92 Å². The topological polar surface area (TPSA) is 32.3 Å². The fraction of sp³-hybridized carbons (Fsp3) is 0.588. The van der Waals surface area contributed by atoms with Gasteiger partial charge in [-0.3, -0.25) is 9.69 Å². The molecule has 0 fully saturated rings. The Morgan fingerprint density at radius 3 is 2.45 bits per heavy atom. The van der Waals surface area contributed by atoms with Gasteiger partial charge in [-0.15, -0.1) is 0 Å². The van der Waals surface area contributed by atoms with E-state index in [9.17, 15) is 4.79 Å². The summed E-state index contributed by atoms with van der Waals surface area (Å²) in [5, 5.41) is 3.07. The molecule has 112 valence electrons. The van der Waals surface area contributed by atoms with Gasteiger partial charge in [0.2, 0.25) is 5.91 Å². The Morgan fingerprint density at radius 1 is 1.25 bits per heavy atom. The van der Waals surface area contributed by atoms with Crippen LogP contribution in [-0.2, 0) is 4.79 Å². The van der Waals surface area contributed by atoms with E-state index < -0.39 is 0 Å². The predicted molar refractivity (Wildman–Crippen MR) is 84.6 cm³/mol. The number of benzene rings is 1. The number of carbonyl (C=O) groups excluding carboxylic acids is 1. The van der Waals surface area contributed by atoms with E-state index in [1.54, 1.807) is 0 Å². The molecule has 1 atom stereocenters. The molecule has 0 aliphatic heterocycles. The summed E-state index contributed by atoms with van der Waals surface area (Å²) in [6.45, 7) is 8.10. The molecule has 3 heteroatoms.